The van der Waals surface area contributed by atoms with Gasteiger partial charge in [-0.3, -0.25) is 4.79 Å². The maximum Gasteiger partial charge on any atom is 0.187 e. The van der Waals surface area contributed by atoms with Gasteiger partial charge in [0.25, 0.3) is 0 Å². The van der Waals surface area contributed by atoms with E-state index in [-0.39, 0.29) is 6.61 Å². The third-order valence-electron chi connectivity index (χ3n) is 1.89. The van der Waals surface area contributed by atoms with Crippen LogP contribution < -0.4 is 5.73 Å². The van der Waals surface area contributed by atoms with E-state index in [4.69, 9.17) is 5.73 Å². The minimum atomic E-state index is -1.05. The average Bonchev–Trinajstić information content (AvgIpc) is 2.17. The number of hydrogen-bond donors (Lipinski definition) is 1. The summed E-state index contributed by atoms with van der Waals surface area (Å²) in [7, 11) is 1.35. The number of Topliss-reactive ketones (excluding diaryl/α,β-unsaturated/α-hetero) is 1. The van der Waals surface area contributed by atoms with Crippen LogP contribution in [0.3, 0.4) is 0 Å². The number of nitrogens with two attached hydrogens (primary N) is 1. The van der Waals surface area contributed by atoms with Crippen molar-refractivity contribution in [2.45, 2.75) is 6.04 Å². The highest BCUT2D eigenvalue weighted by Gasteiger charge is 2.22. The van der Waals surface area contributed by atoms with Crippen molar-refractivity contribution >= 4 is 5.78 Å². The highest BCUT2D eigenvalue weighted by Crippen LogP contribution is 2.13. The minimum Gasteiger partial charge on any atom is -0.383 e. The number of methoxy groups -OCH3 is 1. The molecule has 0 amide bonds. The molecule has 0 fully saturated rings. The van der Waals surface area contributed by atoms with Gasteiger partial charge in [0.1, 0.15) is 11.6 Å². The largest absolute Gasteiger partial charge is 0.383 e. The van der Waals surface area contributed by atoms with E-state index in [1.54, 1.807) is 0 Å². The van der Waals surface area contributed by atoms with Gasteiger partial charge >= 0.3 is 0 Å². The molecule has 1 aromatic rings. The molecule has 0 heterocycles. The maximum absolute atomic E-state index is 13.1. The Morgan fingerprint density at radius 2 is 2.00 bits per heavy atom. The van der Waals surface area contributed by atoms with Crippen molar-refractivity contribution in [1.29, 1.82) is 0 Å². The molecule has 82 valence electrons. The highest BCUT2D eigenvalue weighted by atomic mass is 19.1. The van der Waals surface area contributed by atoms with E-state index in [0.717, 1.165) is 12.1 Å². The van der Waals surface area contributed by atoms with Crippen LogP contribution in [-0.4, -0.2) is 25.5 Å². The summed E-state index contributed by atoms with van der Waals surface area (Å²) in [6.45, 7) is -0.0768. The Hall–Kier alpha value is -1.33. The number of ether oxygens (including phenoxy) is 1. The molecule has 1 atom stereocenters. The lowest BCUT2D eigenvalue weighted by molar-refractivity contribution is 0.0884. The van der Waals surface area contributed by atoms with Crippen LogP contribution in [0.2, 0.25) is 0 Å². The van der Waals surface area contributed by atoms with E-state index in [2.05, 4.69) is 4.74 Å². The Kier molecular flexibility index (Phi) is 3.88. The molecule has 5 heteroatoms. The van der Waals surface area contributed by atoms with Gasteiger partial charge in [0.05, 0.1) is 18.2 Å². The summed E-state index contributed by atoms with van der Waals surface area (Å²) in [6.07, 6.45) is 0. The molecule has 0 saturated heterocycles. The van der Waals surface area contributed by atoms with Gasteiger partial charge in [-0.1, -0.05) is 6.07 Å². The molecule has 0 spiro atoms. The standard InChI is InChI=1S/C10H11F2NO2/c1-15-5-8(13)10(14)9-6(11)3-2-4-7(9)12/h2-4,8H,5,13H2,1H3. The number of carbonyl (C=O) groups excluding carboxylic acids is 1. The van der Waals surface area contributed by atoms with Gasteiger partial charge in [-0.25, -0.2) is 8.78 Å². The predicted octanol–water partition coefficient (Wildman–Crippen LogP) is 1.12. The molecule has 2 N–H and O–H groups in total. The van der Waals surface area contributed by atoms with Crippen LogP contribution in [0.5, 0.6) is 0 Å². The fourth-order valence-electron chi connectivity index (χ4n) is 1.17. The fourth-order valence-corrected chi connectivity index (χ4v) is 1.17. The van der Waals surface area contributed by atoms with E-state index in [1.807, 2.05) is 0 Å². The lowest BCUT2D eigenvalue weighted by Gasteiger charge is -2.10. The number of carbonyl (C=O) groups is 1. The van der Waals surface area contributed by atoms with Crippen molar-refractivity contribution < 1.29 is 18.3 Å². The number of rotatable bonds is 4. The first kappa shape index (κ1) is 11.7. The van der Waals surface area contributed by atoms with Gasteiger partial charge in [-0.05, 0) is 12.1 Å². The number of hydrogen-bond acceptors (Lipinski definition) is 3. The fraction of sp³-hybridized carbons (Fsp3) is 0.300. The lowest BCUT2D eigenvalue weighted by Crippen LogP contribution is -2.35. The molecule has 0 aliphatic carbocycles. The molecular weight excluding hydrogens is 204 g/mol. The first-order chi connectivity index (χ1) is 7.07. The van der Waals surface area contributed by atoms with E-state index in [1.165, 1.54) is 13.2 Å². The van der Waals surface area contributed by atoms with Crippen LogP contribution in [0, 0.1) is 11.6 Å². The molecule has 0 saturated carbocycles. The molecule has 0 aromatic heterocycles. The second kappa shape index (κ2) is 4.95. The Morgan fingerprint density at radius 3 is 2.47 bits per heavy atom. The topological polar surface area (TPSA) is 52.3 Å². The third kappa shape index (κ3) is 2.57. The van der Waals surface area contributed by atoms with Crippen molar-refractivity contribution in [2.75, 3.05) is 13.7 Å². The molecule has 15 heavy (non-hydrogen) atoms. The monoisotopic (exact) mass is 215 g/mol. The summed E-state index contributed by atoms with van der Waals surface area (Å²) in [5, 5.41) is 0. The van der Waals surface area contributed by atoms with E-state index < -0.39 is 29.0 Å². The SMILES string of the molecule is COCC(N)C(=O)c1c(F)cccc1F. The summed E-state index contributed by atoms with van der Waals surface area (Å²) < 4.78 is 30.9. The minimum absolute atomic E-state index is 0.0768. The molecule has 1 aromatic carbocycles. The van der Waals surface area contributed by atoms with E-state index >= 15 is 0 Å². The summed E-state index contributed by atoms with van der Waals surface area (Å²) in [5.74, 6) is -2.62. The summed E-state index contributed by atoms with van der Waals surface area (Å²) in [5.41, 5.74) is 4.78. The van der Waals surface area contributed by atoms with Gasteiger partial charge in [-0.2, -0.15) is 0 Å². The van der Waals surface area contributed by atoms with Crippen molar-refractivity contribution in [3.8, 4) is 0 Å². The molecule has 1 unspecified atom stereocenters. The van der Waals surface area contributed by atoms with Crippen LogP contribution in [0.25, 0.3) is 0 Å². The first-order valence-electron chi connectivity index (χ1n) is 4.30. The zero-order chi connectivity index (χ0) is 11.4. The van der Waals surface area contributed by atoms with Gasteiger partial charge in [0.2, 0.25) is 0 Å². The molecule has 0 bridgehead atoms. The molecule has 0 aliphatic rings. The summed E-state index contributed by atoms with van der Waals surface area (Å²) in [4.78, 5) is 11.5. The Morgan fingerprint density at radius 1 is 1.47 bits per heavy atom. The summed E-state index contributed by atoms with van der Waals surface area (Å²) >= 11 is 0. The Labute approximate surface area is 85.8 Å². The van der Waals surface area contributed by atoms with Crippen molar-refractivity contribution in [3.05, 3.63) is 35.4 Å². The van der Waals surface area contributed by atoms with Crippen molar-refractivity contribution in [3.63, 3.8) is 0 Å². The third-order valence-corrected chi connectivity index (χ3v) is 1.89. The normalized spacial score (nSPS) is 12.5. The van der Waals surface area contributed by atoms with Crippen LogP contribution in [0.1, 0.15) is 10.4 Å². The van der Waals surface area contributed by atoms with Crippen molar-refractivity contribution in [1.82, 2.24) is 0 Å². The number of benzene rings is 1. The van der Waals surface area contributed by atoms with Crippen LogP contribution in [0.15, 0.2) is 18.2 Å². The predicted molar refractivity (Wildman–Crippen MR) is 50.5 cm³/mol. The highest BCUT2D eigenvalue weighted by molar-refractivity contribution is 6.00. The van der Waals surface area contributed by atoms with Gasteiger partial charge in [0, 0.05) is 7.11 Å². The second-order valence-electron chi connectivity index (χ2n) is 3.02. The van der Waals surface area contributed by atoms with Gasteiger partial charge in [0.15, 0.2) is 5.78 Å². The average molecular weight is 215 g/mol. The number of halogens is 2. The number of ketones is 1. The van der Waals surface area contributed by atoms with Gasteiger partial charge < -0.3 is 10.5 Å². The van der Waals surface area contributed by atoms with E-state index in [0.29, 0.717) is 0 Å². The van der Waals surface area contributed by atoms with Crippen molar-refractivity contribution in [2.24, 2.45) is 5.73 Å². The van der Waals surface area contributed by atoms with Crippen LogP contribution in [-0.2, 0) is 4.74 Å². The van der Waals surface area contributed by atoms with E-state index in [9.17, 15) is 13.6 Å². The second-order valence-corrected chi connectivity index (χ2v) is 3.02. The molecule has 1 rings (SSSR count). The quantitative estimate of drug-likeness (QED) is 0.766. The maximum atomic E-state index is 13.1. The van der Waals surface area contributed by atoms with Crippen LogP contribution >= 0.6 is 0 Å². The summed E-state index contributed by atoms with van der Waals surface area (Å²) in [6, 6.07) is 2.15. The molecule has 3 nitrogen and oxygen atoms in total. The molecule has 0 aliphatic heterocycles. The van der Waals surface area contributed by atoms with Gasteiger partial charge in [-0.15, -0.1) is 0 Å². The first-order valence-corrected chi connectivity index (χ1v) is 4.30. The Balaban J connectivity index is 3.00. The molecular formula is C10H11F2NO2. The zero-order valence-electron chi connectivity index (χ0n) is 8.17. The Bertz CT molecular complexity index is 348. The van der Waals surface area contributed by atoms with Crippen LogP contribution in [0.4, 0.5) is 8.78 Å². The lowest BCUT2D eigenvalue weighted by atomic mass is 10.0. The zero-order valence-corrected chi connectivity index (χ0v) is 8.17. The molecule has 0 radical (unpaired) electrons. The smallest absolute Gasteiger partial charge is 0.187 e.